The molecule has 30 heavy (non-hydrogen) atoms. The normalized spacial score (nSPS) is 15.9. The highest BCUT2D eigenvalue weighted by Crippen LogP contribution is 2.19. The number of carbonyl (C=O) groups excluding carboxylic acids is 4. The van der Waals surface area contributed by atoms with Gasteiger partial charge in [-0.1, -0.05) is 29.8 Å². The molecule has 1 fully saturated rings. The Morgan fingerprint density at radius 2 is 1.97 bits per heavy atom. The van der Waals surface area contributed by atoms with E-state index in [0.29, 0.717) is 21.8 Å². The van der Waals surface area contributed by atoms with Crippen LogP contribution in [0.15, 0.2) is 42.5 Å². The molecule has 8 nitrogen and oxygen atoms in total. The zero-order valence-corrected chi connectivity index (χ0v) is 17.0. The van der Waals surface area contributed by atoms with Gasteiger partial charge < -0.3 is 16.0 Å². The number of urea groups is 1. The maximum Gasteiger partial charge on any atom is 0.319 e. The van der Waals surface area contributed by atoms with Gasteiger partial charge in [-0.25, -0.2) is 4.79 Å². The summed E-state index contributed by atoms with van der Waals surface area (Å²) in [5.74, 6) is -1.28. The van der Waals surface area contributed by atoms with Crippen LogP contribution >= 0.6 is 11.6 Å². The molecule has 3 rings (SSSR count). The lowest BCUT2D eigenvalue weighted by atomic mass is 10.0. The van der Waals surface area contributed by atoms with Crippen LogP contribution in [0.3, 0.4) is 0 Å². The second-order valence-electron chi connectivity index (χ2n) is 6.95. The zero-order valence-electron chi connectivity index (χ0n) is 16.3. The number of hydrogen-bond acceptors (Lipinski definition) is 4. The standard InChI is InChI=1S/C21H21ClN4O4/c1-12-5-6-15(10-16(12)22)24-21(30)23-11-13-3-2-4-14(9-13)19(28)25-17-7-8-18(27)26-20(17)29/h2-6,9-10,17H,7-8,11H2,1H3,(H,25,28)(H2,23,24,30)(H,26,27,29). The van der Waals surface area contributed by atoms with Crippen molar-refractivity contribution < 1.29 is 19.2 Å². The minimum absolute atomic E-state index is 0.182. The van der Waals surface area contributed by atoms with E-state index in [1.165, 1.54) is 0 Å². The number of nitrogens with one attached hydrogen (secondary N) is 4. The van der Waals surface area contributed by atoms with E-state index in [0.717, 1.165) is 5.56 Å². The first-order valence-corrected chi connectivity index (χ1v) is 9.74. The van der Waals surface area contributed by atoms with E-state index in [-0.39, 0.29) is 25.3 Å². The third-order valence-electron chi connectivity index (χ3n) is 4.62. The molecule has 5 amide bonds. The fourth-order valence-corrected chi connectivity index (χ4v) is 3.10. The fourth-order valence-electron chi connectivity index (χ4n) is 2.92. The molecular weight excluding hydrogens is 408 g/mol. The van der Waals surface area contributed by atoms with E-state index in [4.69, 9.17) is 11.6 Å². The number of hydrogen-bond donors (Lipinski definition) is 4. The Morgan fingerprint density at radius 1 is 1.17 bits per heavy atom. The summed E-state index contributed by atoms with van der Waals surface area (Å²) in [4.78, 5) is 47.6. The summed E-state index contributed by atoms with van der Waals surface area (Å²) in [5, 5.41) is 10.8. The first-order valence-electron chi connectivity index (χ1n) is 9.36. The predicted molar refractivity (Wildman–Crippen MR) is 112 cm³/mol. The van der Waals surface area contributed by atoms with E-state index in [1.807, 2.05) is 13.0 Å². The van der Waals surface area contributed by atoms with Gasteiger partial charge in [0.2, 0.25) is 11.8 Å². The van der Waals surface area contributed by atoms with Gasteiger partial charge in [-0.2, -0.15) is 0 Å². The molecule has 0 spiro atoms. The van der Waals surface area contributed by atoms with Gasteiger partial charge in [0.05, 0.1) is 0 Å². The summed E-state index contributed by atoms with van der Waals surface area (Å²) in [7, 11) is 0. The zero-order chi connectivity index (χ0) is 21.7. The number of aryl methyl sites for hydroxylation is 1. The summed E-state index contributed by atoms with van der Waals surface area (Å²) < 4.78 is 0. The molecule has 9 heteroatoms. The van der Waals surface area contributed by atoms with Gasteiger partial charge in [0.15, 0.2) is 0 Å². The largest absolute Gasteiger partial charge is 0.340 e. The molecule has 1 saturated heterocycles. The highest BCUT2D eigenvalue weighted by atomic mass is 35.5. The first-order chi connectivity index (χ1) is 14.3. The van der Waals surface area contributed by atoms with Crippen LogP contribution in [-0.2, 0) is 16.1 Å². The number of carbonyl (C=O) groups is 4. The van der Waals surface area contributed by atoms with Crippen molar-refractivity contribution in [2.75, 3.05) is 5.32 Å². The highest BCUT2D eigenvalue weighted by Gasteiger charge is 2.28. The first kappa shape index (κ1) is 21.3. The molecule has 0 bridgehead atoms. The SMILES string of the molecule is Cc1ccc(NC(=O)NCc2cccc(C(=O)NC3CCC(=O)NC3=O)c2)cc1Cl. The van der Waals surface area contributed by atoms with Crippen molar-refractivity contribution in [1.82, 2.24) is 16.0 Å². The number of anilines is 1. The molecule has 0 radical (unpaired) electrons. The van der Waals surface area contributed by atoms with Gasteiger partial charge in [-0.3, -0.25) is 19.7 Å². The Bertz CT molecular complexity index is 1010. The van der Waals surface area contributed by atoms with Crippen molar-refractivity contribution in [3.05, 3.63) is 64.2 Å². The van der Waals surface area contributed by atoms with Crippen LogP contribution in [0, 0.1) is 6.92 Å². The quantitative estimate of drug-likeness (QED) is 0.547. The summed E-state index contributed by atoms with van der Waals surface area (Å²) >= 11 is 6.05. The van der Waals surface area contributed by atoms with Gasteiger partial charge in [0.1, 0.15) is 6.04 Å². The van der Waals surface area contributed by atoms with Gasteiger partial charge in [-0.15, -0.1) is 0 Å². The van der Waals surface area contributed by atoms with Crippen molar-refractivity contribution in [2.24, 2.45) is 0 Å². The summed E-state index contributed by atoms with van der Waals surface area (Å²) in [6.45, 7) is 2.07. The monoisotopic (exact) mass is 428 g/mol. The van der Waals surface area contributed by atoms with Crippen LogP contribution in [0.4, 0.5) is 10.5 Å². The molecule has 0 aromatic heterocycles. The molecule has 2 aromatic carbocycles. The molecule has 1 aliphatic rings. The third kappa shape index (κ3) is 5.57. The lowest BCUT2D eigenvalue weighted by molar-refractivity contribution is -0.134. The molecule has 2 aromatic rings. The summed E-state index contributed by atoms with van der Waals surface area (Å²) in [5.41, 5.74) is 2.54. The second kappa shape index (κ2) is 9.41. The van der Waals surface area contributed by atoms with Crippen LogP contribution < -0.4 is 21.3 Å². The van der Waals surface area contributed by atoms with E-state index >= 15 is 0 Å². The highest BCUT2D eigenvalue weighted by molar-refractivity contribution is 6.31. The summed E-state index contributed by atoms with van der Waals surface area (Å²) in [6, 6.07) is 10.8. The van der Waals surface area contributed by atoms with E-state index in [9.17, 15) is 19.2 Å². The molecular formula is C21H21ClN4O4. The number of rotatable bonds is 5. The van der Waals surface area contributed by atoms with Crippen LogP contribution in [0.1, 0.15) is 34.3 Å². The molecule has 0 aliphatic carbocycles. The molecule has 1 unspecified atom stereocenters. The van der Waals surface area contributed by atoms with Crippen LogP contribution in [0.5, 0.6) is 0 Å². The van der Waals surface area contributed by atoms with Gasteiger partial charge in [0, 0.05) is 29.2 Å². The number of amides is 5. The van der Waals surface area contributed by atoms with Gasteiger partial charge >= 0.3 is 6.03 Å². The van der Waals surface area contributed by atoms with Crippen molar-refractivity contribution >= 4 is 41.0 Å². The number of imide groups is 1. The molecule has 1 heterocycles. The molecule has 1 aliphatic heterocycles. The Labute approximate surface area is 178 Å². The molecule has 4 N–H and O–H groups in total. The Kier molecular flexibility index (Phi) is 6.68. The Morgan fingerprint density at radius 3 is 2.70 bits per heavy atom. The van der Waals surface area contributed by atoms with Crippen molar-refractivity contribution in [3.8, 4) is 0 Å². The molecule has 156 valence electrons. The van der Waals surface area contributed by atoms with Crippen LogP contribution in [0.25, 0.3) is 0 Å². The minimum atomic E-state index is -0.746. The lowest BCUT2D eigenvalue weighted by Gasteiger charge is -2.21. The maximum absolute atomic E-state index is 12.4. The van der Waals surface area contributed by atoms with E-state index < -0.39 is 23.9 Å². The Balaban J connectivity index is 1.55. The maximum atomic E-state index is 12.4. The number of halogens is 1. The van der Waals surface area contributed by atoms with Gasteiger partial charge in [-0.05, 0) is 48.7 Å². The molecule has 1 atom stereocenters. The average Bonchev–Trinajstić information content (AvgIpc) is 2.71. The van der Waals surface area contributed by atoms with Crippen LogP contribution in [-0.4, -0.2) is 29.8 Å². The number of piperidine rings is 1. The lowest BCUT2D eigenvalue weighted by Crippen LogP contribution is -2.52. The fraction of sp³-hybridized carbons (Fsp3) is 0.238. The van der Waals surface area contributed by atoms with Crippen molar-refractivity contribution in [3.63, 3.8) is 0 Å². The van der Waals surface area contributed by atoms with E-state index in [2.05, 4.69) is 21.3 Å². The molecule has 0 saturated carbocycles. The third-order valence-corrected chi connectivity index (χ3v) is 5.02. The van der Waals surface area contributed by atoms with Gasteiger partial charge in [0.25, 0.3) is 5.91 Å². The second-order valence-corrected chi connectivity index (χ2v) is 7.36. The number of benzene rings is 2. The predicted octanol–water partition coefficient (Wildman–Crippen LogP) is 2.51. The van der Waals surface area contributed by atoms with Crippen molar-refractivity contribution in [1.29, 1.82) is 0 Å². The summed E-state index contributed by atoms with van der Waals surface area (Å²) in [6.07, 6.45) is 0.447. The minimum Gasteiger partial charge on any atom is -0.340 e. The van der Waals surface area contributed by atoms with Crippen molar-refractivity contribution in [2.45, 2.75) is 32.4 Å². The average molecular weight is 429 g/mol. The van der Waals surface area contributed by atoms with E-state index in [1.54, 1.807) is 36.4 Å². The topological polar surface area (TPSA) is 116 Å². The smallest absolute Gasteiger partial charge is 0.319 e. The Hall–Kier alpha value is -3.39. The van der Waals surface area contributed by atoms with Crippen LogP contribution in [0.2, 0.25) is 5.02 Å².